The maximum absolute atomic E-state index is 12.6. The molecule has 0 aliphatic carbocycles. The van der Waals surface area contributed by atoms with E-state index in [9.17, 15) is 4.79 Å². The molecule has 7 nitrogen and oxygen atoms in total. The molecule has 2 aromatic carbocycles. The van der Waals surface area contributed by atoms with E-state index in [0.717, 1.165) is 40.6 Å². The molecule has 0 unspecified atom stereocenters. The lowest BCUT2D eigenvalue weighted by molar-refractivity contribution is 0.102. The molecular formula is C24H24N4O3. The number of amides is 1. The van der Waals surface area contributed by atoms with E-state index in [1.807, 2.05) is 51.2 Å². The number of imidazole rings is 1. The van der Waals surface area contributed by atoms with Gasteiger partial charge in [-0.2, -0.15) is 0 Å². The average molecular weight is 416 g/mol. The molecule has 0 radical (unpaired) electrons. The molecule has 158 valence electrons. The summed E-state index contributed by atoms with van der Waals surface area (Å²) in [6.07, 6.45) is 3.74. The molecule has 0 aliphatic heterocycles. The zero-order chi connectivity index (χ0) is 21.8. The summed E-state index contributed by atoms with van der Waals surface area (Å²) in [6, 6.07) is 14.9. The monoisotopic (exact) mass is 416 g/mol. The van der Waals surface area contributed by atoms with Crippen LogP contribution in [0.25, 0.3) is 0 Å². The Morgan fingerprint density at radius 1 is 1.06 bits per heavy atom. The molecule has 1 amide bonds. The van der Waals surface area contributed by atoms with Gasteiger partial charge in [0.1, 0.15) is 23.9 Å². The number of rotatable bonds is 7. The fraction of sp³-hybridized carbons (Fsp3) is 0.208. The van der Waals surface area contributed by atoms with Gasteiger partial charge < -0.3 is 19.1 Å². The van der Waals surface area contributed by atoms with Gasteiger partial charge in [-0.25, -0.2) is 4.98 Å². The zero-order valence-corrected chi connectivity index (χ0v) is 17.8. The molecule has 0 bridgehead atoms. The molecule has 2 aromatic heterocycles. The summed E-state index contributed by atoms with van der Waals surface area (Å²) >= 11 is 0. The van der Waals surface area contributed by atoms with Gasteiger partial charge in [-0.1, -0.05) is 17.3 Å². The van der Waals surface area contributed by atoms with Gasteiger partial charge in [0.15, 0.2) is 0 Å². The number of aryl methyl sites for hydroxylation is 3. The maximum Gasteiger partial charge on any atom is 0.255 e. The second-order valence-electron chi connectivity index (χ2n) is 7.37. The van der Waals surface area contributed by atoms with Gasteiger partial charge in [0.25, 0.3) is 5.91 Å². The van der Waals surface area contributed by atoms with Crippen LogP contribution in [-0.2, 0) is 13.2 Å². The van der Waals surface area contributed by atoms with Gasteiger partial charge >= 0.3 is 0 Å². The molecule has 31 heavy (non-hydrogen) atoms. The molecular weight excluding hydrogens is 392 g/mol. The van der Waals surface area contributed by atoms with Gasteiger partial charge in [-0.05, 0) is 62.7 Å². The van der Waals surface area contributed by atoms with Crippen molar-refractivity contribution in [1.82, 2.24) is 14.7 Å². The minimum atomic E-state index is -0.171. The number of anilines is 1. The van der Waals surface area contributed by atoms with E-state index in [1.165, 1.54) is 0 Å². The molecule has 1 N–H and O–H groups in total. The molecule has 4 aromatic rings. The topological polar surface area (TPSA) is 82.2 Å². The van der Waals surface area contributed by atoms with E-state index in [1.54, 1.807) is 30.5 Å². The van der Waals surface area contributed by atoms with E-state index in [4.69, 9.17) is 9.26 Å². The van der Waals surface area contributed by atoms with Gasteiger partial charge in [-0.15, -0.1) is 0 Å². The van der Waals surface area contributed by atoms with Crippen molar-refractivity contribution in [2.45, 2.75) is 33.9 Å². The number of carbonyl (C=O) groups excluding carboxylic acids is 1. The highest BCUT2D eigenvalue weighted by atomic mass is 16.5. The molecule has 0 fully saturated rings. The summed E-state index contributed by atoms with van der Waals surface area (Å²) in [4.78, 5) is 16.8. The number of benzene rings is 2. The summed E-state index contributed by atoms with van der Waals surface area (Å²) in [5.41, 5.74) is 4.20. The van der Waals surface area contributed by atoms with Crippen LogP contribution in [0.2, 0.25) is 0 Å². The lowest BCUT2D eigenvalue weighted by Crippen LogP contribution is -2.12. The lowest BCUT2D eigenvalue weighted by Gasteiger charge is -2.09. The Bertz CT molecular complexity index is 1160. The summed E-state index contributed by atoms with van der Waals surface area (Å²) in [6.45, 7) is 6.83. The standard InChI is InChI=1S/C24H24N4O3/c1-16-23(17(2)31-27-16)15-30-22-10-6-20(7-11-22)24(29)26-21-8-4-19(5-9-21)14-28-13-12-25-18(28)3/h4-13H,14-15H2,1-3H3,(H,26,29). The Balaban J connectivity index is 1.33. The van der Waals surface area contributed by atoms with Crippen LogP contribution in [-0.4, -0.2) is 20.6 Å². The fourth-order valence-electron chi connectivity index (χ4n) is 3.23. The molecule has 0 atom stereocenters. The molecule has 0 spiro atoms. The highest BCUT2D eigenvalue weighted by molar-refractivity contribution is 6.04. The molecule has 0 saturated heterocycles. The fourth-order valence-corrected chi connectivity index (χ4v) is 3.23. The van der Waals surface area contributed by atoms with Crippen molar-refractivity contribution in [3.8, 4) is 5.75 Å². The van der Waals surface area contributed by atoms with Crippen molar-refractivity contribution >= 4 is 11.6 Å². The van der Waals surface area contributed by atoms with Crippen molar-refractivity contribution in [2.75, 3.05) is 5.32 Å². The normalized spacial score (nSPS) is 10.8. The van der Waals surface area contributed by atoms with Crippen LogP contribution in [0, 0.1) is 20.8 Å². The first-order chi connectivity index (χ1) is 15.0. The van der Waals surface area contributed by atoms with E-state index >= 15 is 0 Å². The number of aromatic nitrogens is 3. The lowest BCUT2D eigenvalue weighted by atomic mass is 10.1. The van der Waals surface area contributed by atoms with Crippen molar-refractivity contribution in [3.63, 3.8) is 0 Å². The van der Waals surface area contributed by atoms with Gasteiger partial charge in [0.2, 0.25) is 0 Å². The smallest absolute Gasteiger partial charge is 0.255 e. The zero-order valence-electron chi connectivity index (χ0n) is 17.8. The van der Waals surface area contributed by atoms with Gasteiger partial charge in [0.05, 0.1) is 11.3 Å². The van der Waals surface area contributed by atoms with Crippen LogP contribution in [0.3, 0.4) is 0 Å². The number of nitrogens with one attached hydrogen (secondary N) is 1. The highest BCUT2D eigenvalue weighted by Gasteiger charge is 2.11. The van der Waals surface area contributed by atoms with E-state index in [0.29, 0.717) is 17.9 Å². The number of ether oxygens (including phenoxy) is 1. The third-order valence-electron chi connectivity index (χ3n) is 5.17. The second-order valence-corrected chi connectivity index (χ2v) is 7.37. The van der Waals surface area contributed by atoms with E-state index in [2.05, 4.69) is 20.0 Å². The molecule has 4 rings (SSSR count). The summed E-state index contributed by atoms with van der Waals surface area (Å²) in [7, 11) is 0. The first-order valence-corrected chi connectivity index (χ1v) is 10.0. The number of hydrogen-bond donors (Lipinski definition) is 1. The highest BCUT2D eigenvalue weighted by Crippen LogP contribution is 2.19. The third-order valence-corrected chi connectivity index (χ3v) is 5.17. The van der Waals surface area contributed by atoms with E-state index < -0.39 is 0 Å². The SMILES string of the molecule is Cc1noc(C)c1COc1ccc(C(=O)Nc2ccc(Cn3ccnc3C)cc2)cc1. The Hall–Kier alpha value is -3.87. The van der Waals surface area contributed by atoms with Crippen LogP contribution >= 0.6 is 0 Å². The van der Waals surface area contributed by atoms with Crippen LogP contribution in [0.1, 0.15) is 38.8 Å². The Morgan fingerprint density at radius 2 is 1.81 bits per heavy atom. The van der Waals surface area contributed by atoms with Crippen LogP contribution in [0.5, 0.6) is 5.75 Å². The third kappa shape index (κ3) is 4.83. The number of hydrogen-bond acceptors (Lipinski definition) is 5. The van der Waals surface area contributed by atoms with E-state index in [-0.39, 0.29) is 5.91 Å². The predicted octanol–water partition coefficient (Wildman–Crippen LogP) is 4.68. The average Bonchev–Trinajstić information content (AvgIpc) is 3.32. The Labute approximate surface area is 180 Å². The number of carbonyl (C=O) groups is 1. The minimum absolute atomic E-state index is 0.171. The molecule has 0 saturated carbocycles. The second kappa shape index (κ2) is 8.87. The van der Waals surface area contributed by atoms with Gasteiger partial charge in [0, 0.05) is 30.2 Å². The summed E-state index contributed by atoms with van der Waals surface area (Å²) < 4.78 is 13.0. The Kier molecular flexibility index (Phi) is 5.84. The summed E-state index contributed by atoms with van der Waals surface area (Å²) in [5, 5.41) is 6.85. The van der Waals surface area contributed by atoms with Gasteiger partial charge in [-0.3, -0.25) is 4.79 Å². The first kappa shape index (κ1) is 20.4. The van der Waals surface area contributed by atoms with Crippen LogP contribution in [0.4, 0.5) is 5.69 Å². The summed E-state index contributed by atoms with van der Waals surface area (Å²) in [5.74, 6) is 2.22. The van der Waals surface area contributed by atoms with Crippen molar-refractivity contribution in [2.24, 2.45) is 0 Å². The van der Waals surface area contributed by atoms with Crippen molar-refractivity contribution in [3.05, 3.63) is 94.9 Å². The largest absolute Gasteiger partial charge is 0.489 e. The first-order valence-electron chi connectivity index (χ1n) is 10.0. The quantitative estimate of drug-likeness (QED) is 0.473. The predicted molar refractivity (Wildman–Crippen MR) is 117 cm³/mol. The van der Waals surface area contributed by atoms with Crippen molar-refractivity contribution in [1.29, 1.82) is 0 Å². The van der Waals surface area contributed by atoms with Crippen LogP contribution < -0.4 is 10.1 Å². The van der Waals surface area contributed by atoms with Crippen molar-refractivity contribution < 1.29 is 14.1 Å². The molecule has 0 aliphatic rings. The molecule has 2 heterocycles. The Morgan fingerprint density at radius 3 is 2.42 bits per heavy atom. The minimum Gasteiger partial charge on any atom is -0.489 e. The van der Waals surface area contributed by atoms with Crippen LogP contribution in [0.15, 0.2) is 65.4 Å². The molecule has 7 heteroatoms. The maximum atomic E-state index is 12.6. The number of nitrogens with zero attached hydrogens (tertiary/aromatic N) is 3.